The minimum Gasteiger partial charge on any atom is -0.445 e. The molecule has 7 heteroatoms. The molecule has 3 aromatic rings. The van der Waals surface area contributed by atoms with Gasteiger partial charge in [0.1, 0.15) is 6.61 Å². The summed E-state index contributed by atoms with van der Waals surface area (Å²) in [6, 6.07) is 9.73. The van der Waals surface area contributed by atoms with Crippen molar-refractivity contribution in [3.8, 4) is 0 Å². The summed E-state index contributed by atoms with van der Waals surface area (Å²) in [6.07, 6.45) is 9.66. The van der Waals surface area contributed by atoms with Crippen LogP contribution in [0.2, 0.25) is 0 Å². The standard InChI is InChI=1S/C21H23IN4O2/c22-20-25-19(18-13-23-10-11-26(18)20)17-8-6-15(7-9-17)12-24-21(27)28-14-16-4-2-1-3-5-16/h1-5,10-11,13,15,17H,6-9,12,14H2,(H,24,27). The Kier molecular flexibility index (Phi) is 6.09. The van der Waals surface area contributed by atoms with E-state index in [1.54, 1.807) is 6.20 Å². The number of rotatable bonds is 5. The quantitative estimate of drug-likeness (QED) is 0.534. The van der Waals surface area contributed by atoms with Crippen LogP contribution in [0.5, 0.6) is 0 Å². The van der Waals surface area contributed by atoms with Crippen molar-refractivity contribution >= 4 is 34.2 Å². The number of amides is 1. The second-order valence-electron chi connectivity index (χ2n) is 7.26. The van der Waals surface area contributed by atoms with E-state index in [2.05, 4.69) is 37.3 Å². The molecule has 1 aliphatic rings. The predicted octanol–water partition coefficient (Wildman–Crippen LogP) is 4.53. The zero-order chi connectivity index (χ0) is 19.3. The average molecular weight is 490 g/mol. The van der Waals surface area contributed by atoms with Crippen molar-refractivity contribution < 1.29 is 9.53 Å². The molecule has 1 aromatic carbocycles. The number of carbonyl (C=O) groups excluding carboxylic acids is 1. The molecule has 1 aliphatic carbocycles. The molecule has 0 spiro atoms. The first-order valence-electron chi connectivity index (χ1n) is 9.62. The number of hydrogen-bond donors (Lipinski definition) is 1. The molecule has 0 aliphatic heterocycles. The van der Waals surface area contributed by atoms with Gasteiger partial charge < -0.3 is 10.1 Å². The fourth-order valence-corrected chi connectivity index (χ4v) is 4.55. The molecule has 2 heterocycles. The van der Waals surface area contributed by atoms with Gasteiger partial charge in [0.25, 0.3) is 0 Å². The number of nitrogens with zero attached hydrogens (tertiary/aromatic N) is 3. The molecule has 0 saturated heterocycles. The minimum atomic E-state index is -0.341. The lowest BCUT2D eigenvalue weighted by Crippen LogP contribution is -2.31. The summed E-state index contributed by atoms with van der Waals surface area (Å²) in [4.78, 5) is 21.0. The summed E-state index contributed by atoms with van der Waals surface area (Å²) in [5.41, 5.74) is 3.26. The molecule has 0 bridgehead atoms. The molecule has 1 N–H and O–H groups in total. The molecule has 0 unspecified atom stereocenters. The third-order valence-corrected chi connectivity index (χ3v) is 6.17. The summed E-state index contributed by atoms with van der Waals surface area (Å²) in [5, 5.41) is 2.92. The minimum absolute atomic E-state index is 0.305. The van der Waals surface area contributed by atoms with Crippen LogP contribution in [0, 0.1) is 9.75 Å². The Morgan fingerprint density at radius 2 is 2.00 bits per heavy atom. The van der Waals surface area contributed by atoms with Crippen LogP contribution < -0.4 is 5.32 Å². The Morgan fingerprint density at radius 3 is 2.79 bits per heavy atom. The summed E-state index contributed by atoms with van der Waals surface area (Å²) in [5.74, 6) is 0.954. The fraction of sp³-hybridized carbons (Fsp3) is 0.381. The lowest BCUT2D eigenvalue weighted by molar-refractivity contribution is 0.136. The molecule has 1 saturated carbocycles. The highest BCUT2D eigenvalue weighted by Crippen LogP contribution is 2.37. The van der Waals surface area contributed by atoms with Crippen LogP contribution in [0.25, 0.3) is 5.52 Å². The Hall–Kier alpha value is -2.16. The molecule has 0 radical (unpaired) electrons. The van der Waals surface area contributed by atoms with E-state index in [1.165, 1.54) is 0 Å². The zero-order valence-electron chi connectivity index (χ0n) is 15.6. The van der Waals surface area contributed by atoms with Crippen LogP contribution in [-0.4, -0.2) is 27.0 Å². The van der Waals surface area contributed by atoms with Gasteiger partial charge >= 0.3 is 6.09 Å². The van der Waals surface area contributed by atoms with Gasteiger partial charge in [-0.2, -0.15) is 0 Å². The number of nitrogens with one attached hydrogen (secondary N) is 1. The lowest BCUT2D eigenvalue weighted by atomic mass is 9.80. The maximum Gasteiger partial charge on any atom is 0.407 e. The van der Waals surface area contributed by atoms with Crippen LogP contribution >= 0.6 is 22.6 Å². The highest BCUT2D eigenvalue weighted by Gasteiger charge is 2.26. The van der Waals surface area contributed by atoms with E-state index in [0.29, 0.717) is 25.0 Å². The molecular formula is C21H23IN4O2. The maximum atomic E-state index is 11.9. The van der Waals surface area contributed by atoms with Crippen LogP contribution in [0.3, 0.4) is 0 Å². The Labute approximate surface area is 177 Å². The van der Waals surface area contributed by atoms with E-state index < -0.39 is 0 Å². The van der Waals surface area contributed by atoms with Crippen molar-refractivity contribution in [2.24, 2.45) is 5.92 Å². The number of alkyl carbamates (subject to hydrolysis) is 1. The van der Waals surface area contributed by atoms with Gasteiger partial charge in [0.15, 0.2) is 3.83 Å². The summed E-state index contributed by atoms with van der Waals surface area (Å²) >= 11 is 2.27. The van der Waals surface area contributed by atoms with Gasteiger partial charge in [-0.05, 0) is 37.2 Å². The van der Waals surface area contributed by atoms with Crippen molar-refractivity contribution in [2.75, 3.05) is 6.54 Å². The van der Waals surface area contributed by atoms with E-state index in [4.69, 9.17) is 9.72 Å². The molecule has 2 aromatic heterocycles. The highest BCUT2D eigenvalue weighted by molar-refractivity contribution is 14.1. The maximum absolute atomic E-state index is 11.9. The number of benzene rings is 1. The number of fused-ring (bicyclic) bond motifs is 1. The number of imidazole rings is 1. The van der Waals surface area contributed by atoms with Crippen molar-refractivity contribution in [1.29, 1.82) is 0 Å². The summed E-state index contributed by atoms with van der Waals surface area (Å²) < 4.78 is 8.37. The lowest BCUT2D eigenvalue weighted by Gasteiger charge is -2.27. The monoisotopic (exact) mass is 490 g/mol. The van der Waals surface area contributed by atoms with E-state index in [0.717, 1.165) is 46.3 Å². The molecule has 0 atom stereocenters. The van der Waals surface area contributed by atoms with E-state index >= 15 is 0 Å². The second kappa shape index (κ2) is 8.89. The van der Waals surface area contributed by atoms with Crippen LogP contribution in [0.15, 0.2) is 48.9 Å². The van der Waals surface area contributed by atoms with Gasteiger partial charge in [-0.3, -0.25) is 9.38 Å². The molecule has 146 valence electrons. The van der Waals surface area contributed by atoms with Gasteiger partial charge in [0, 0.05) is 47.4 Å². The van der Waals surface area contributed by atoms with E-state index in [9.17, 15) is 4.79 Å². The van der Waals surface area contributed by atoms with Crippen molar-refractivity contribution in [3.63, 3.8) is 0 Å². The third kappa shape index (κ3) is 4.45. The van der Waals surface area contributed by atoms with Gasteiger partial charge in [0.05, 0.1) is 17.4 Å². The summed E-state index contributed by atoms with van der Waals surface area (Å²) in [6.45, 7) is 0.975. The fourth-order valence-electron chi connectivity index (χ4n) is 3.86. The molecule has 1 amide bonds. The highest BCUT2D eigenvalue weighted by atomic mass is 127. The van der Waals surface area contributed by atoms with Crippen molar-refractivity contribution in [1.82, 2.24) is 19.7 Å². The Balaban J connectivity index is 1.25. The number of aromatic nitrogens is 3. The zero-order valence-corrected chi connectivity index (χ0v) is 17.7. The van der Waals surface area contributed by atoms with Crippen LogP contribution in [0.4, 0.5) is 4.79 Å². The molecule has 6 nitrogen and oxygen atoms in total. The predicted molar refractivity (Wildman–Crippen MR) is 115 cm³/mol. The number of halogens is 1. The third-order valence-electron chi connectivity index (χ3n) is 5.41. The number of carbonyl (C=O) groups is 1. The smallest absolute Gasteiger partial charge is 0.407 e. The Morgan fingerprint density at radius 1 is 1.21 bits per heavy atom. The summed E-state index contributed by atoms with van der Waals surface area (Å²) in [7, 11) is 0. The first kappa shape index (κ1) is 19.2. The second-order valence-corrected chi connectivity index (χ2v) is 8.22. The molecular weight excluding hydrogens is 467 g/mol. The van der Waals surface area contributed by atoms with Gasteiger partial charge in [0.2, 0.25) is 0 Å². The number of hydrogen-bond acceptors (Lipinski definition) is 4. The topological polar surface area (TPSA) is 68.5 Å². The first-order chi connectivity index (χ1) is 13.7. The van der Waals surface area contributed by atoms with E-state index in [1.807, 2.05) is 42.7 Å². The number of ether oxygens (including phenoxy) is 1. The van der Waals surface area contributed by atoms with Crippen LogP contribution in [0.1, 0.15) is 42.9 Å². The van der Waals surface area contributed by atoms with Crippen molar-refractivity contribution in [3.05, 3.63) is 64.0 Å². The normalized spacial score (nSPS) is 19.5. The van der Waals surface area contributed by atoms with Gasteiger partial charge in [-0.1, -0.05) is 30.3 Å². The SMILES string of the molecule is O=C(NCC1CCC(c2nc(I)n3ccncc23)CC1)OCc1ccccc1. The van der Waals surface area contributed by atoms with Crippen molar-refractivity contribution in [2.45, 2.75) is 38.2 Å². The van der Waals surface area contributed by atoms with Gasteiger partial charge in [-0.25, -0.2) is 9.78 Å². The largest absolute Gasteiger partial charge is 0.445 e. The molecule has 4 rings (SSSR count). The molecule has 1 fully saturated rings. The van der Waals surface area contributed by atoms with E-state index in [-0.39, 0.29) is 6.09 Å². The first-order valence-corrected chi connectivity index (χ1v) is 10.7. The Bertz CT molecular complexity index is 936. The van der Waals surface area contributed by atoms with Crippen LogP contribution in [-0.2, 0) is 11.3 Å². The molecule has 28 heavy (non-hydrogen) atoms. The van der Waals surface area contributed by atoms with Gasteiger partial charge in [-0.15, -0.1) is 0 Å². The average Bonchev–Trinajstić information content (AvgIpc) is 3.09.